The molecule has 2 aliphatic rings. The molecule has 1 aromatic carbocycles. The van der Waals surface area contributed by atoms with Crippen LogP contribution in [0.3, 0.4) is 0 Å². The predicted molar refractivity (Wildman–Crippen MR) is 128 cm³/mol. The van der Waals surface area contributed by atoms with E-state index in [0.717, 1.165) is 42.8 Å². The molecular weight excluding hydrogens is 406 g/mol. The van der Waals surface area contributed by atoms with Crippen molar-refractivity contribution in [3.63, 3.8) is 0 Å². The van der Waals surface area contributed by atoms with Gasteiger partial charge in [-0.3, -0.25) is 4.90 Å². The number of carbonyl (C=O) groups excluding carboxylic acids is 1. The highest BCUT2D eigenvalue weighted by Gasteiger charge is 2.30. The van der Waals surface area contributed by atoms with Crippen molar-refractivity contribution in [3.05, 3.63) is 34.8 Å². The third-order valence-electron chi connectivity index (χ3n) is 6.20. The molecule has 168 valence electrons. The van der Waals surface area contributed by atoms with Crippen molar-refractivity contribution in [1.29, 1.82) is 0 Å². The first-order valence-corrected chi connectivity index (χ1v) is 12.4. The quantitative estimate of drug-likeness (QED) is 0.576. The van der Waals surface area contributed by atoms with E-state index in [1.807, 2.05) is 32.1 Å². The van der Waals surface area contributed by atoms with Gasteiger partial charge in [-0.2, -0.15) is 0 Å². The number of rotatable bonds is 3. The molecule has 1 amide bonds. The monoisotopic (exact) mass is 441 g/mol. The Morgan fingerprint density at radius 2 is 2.00 bits per heavy atom. The summed E-state index contributed by atoms with van der Waals surface area (Å²) < 4.78 is 6.92. The van der Waals surface area contributed by atoms with Gasteiger partial charge >= 0.3 is 6.09 Å². The van der Waals surface area contributed by atoms with Gasteiger partial charge in [0.25, 0.3) is 0 Å². The minimum Gasteiger partial charge on any atom is -0.443 e. The molecule has 4 rings (SSSR count). The lowest BCUT2D eigenvalue weighted by Gasteiger charge is -2.33. The lowest BCUT2D eigenvalue weighted by Crippen LogP contribution is -2.39. The van der Waals surface area contributed by atoms with Crippen LogP contribution in [0.5, 0.6) is 0 Å². The third kappa shape index (κ3) is 5.12. The van der Waals surface area contributed by atoms with Crippen molar-refractivity contribution in [1.82, 2.24) is 14.8 Å². The number of aromatic nitrogens is 1. The van der Waals surface area contributed by atoms with E-state index in [0.29, 0.717) is 18.4 Å². The molecular formula is C25H35N3O2S. The summed E-state index contributed by atoms with van der Waals surface area (Å²) in [6.45, 7) is 14.3. The summed E-state index contributed by atoms with van der Waals surface area (Å²) in [4.78, 5) is 22.3. The van der Waals surface area contributed by atoms with Crippen LogP contribution in [0.4, 0.5) is 4.79 Å². The fraction of sp³-hybridized carbons (Fsp3) is 0.600. The zero-order valence-corrected chi connectivity index (χ0v) is 20.3. The second-order valence-corrected chi connectivity index (χ2v) is 11.0. The standard InChI is InChI=1S/C25H35N3O2S/c1-6-27-13-11-18(12-14-27)23-26-20-15-19(8-10-22(20)31-23)21-9-7-17(2)16-28(21)24(29)30-25(3,4)5/h8-10,15,17-18H,6-7,11-14,16H2,1-5H3/t17-/m0/s1. The molecule has 6 heteroatoms. The molecule has 1 aromatic heterocycles. The van der Waals surface area contributed by atoms with Crippen LogP contribution >= 0.6 is 11.3 Å². The van der Waals surface area contributed by atoms with Crippen LogP contribution in [0.2, 0.25) is 0 Å². The summed E-state index contributed by atoms with van der Waals surface area (Å²) >= 11 is 1.83. The zero-order chi connectivity index (χ0) is 22.2. The molecule has 2 aliphatic heterocycles. The first-order valence-electron chi connectivity index (χ1n) is 11.6. The molecule has 31 heavy (non-hydrogen) atoms. The normalized spacial score (nSPS) is 21.4. The zero-order valence-electron chi connectivity index (χ0n) is 19.5. The molecule has 0 spiro atoms. The summed E-state index contributed by atoms with van der Waals surface area (Å²) in [6, 6.07) is 6.44. The molecule has 0 bridgehead atoms. The Morgan fingerprint density at radius 1 is 1.26 bits per heavy atom. The van der Waals surface area contributed by atoms with Crippen molar-refractivity contribution in [3.8, 4) is 0 Å². The van der Waals surface area contributed by atoms with Crippen LogP contribution in [0.15, 0.2) is 24.3 Å². The molecule has 1 fully saturated rings. The summed E-state index contributed by atoms with van der Waals surface area (Å²) in [6.07, 6.45) is 5.25. The highest BCUT2D eigenvalue weighted by molar-refractivity contribution is 7.18. The van der Waals surface area contributed by atoms with E-state index in [-0.39, 0.29) is 6.09 Å². The van der Waals surface area contributed by atoms with Gasteiger partial charge in [0.2, 0.25) is 0 Å². The van der Waals surface area contributed by atoms with Crippen molar-refractivity contribution >= 4 is 33.3 Å². The van der Waals surface area contributed by atoms with Crippen LogP contribution < -0.4 is 0 Å². The first-order chi connectivity index (χ1) is 14.7. The molecule has 0 saturated carbocycles. The number of allylic oxidation sites excluding steroid dienone is 1. The number of ether oxygens (including phenoxy) is 1. The van der Waals surface area contributed by atoms with Crippen LogP contribution in [0, 0.1) is 5.92 Å². The Labute approximate surface area is 190 Å². The maximum absolute atomic E-state index is 12.9. The minimum atomic E-state index is -0.510. The van der Waals surface area contributed by atoms with E-state index < -0.39 is 5.60 Å². The second kappa shape index (κ2) is 8.91. The van der Waals surface area contributed by atoms with E-state index in [2.05, 4.69) is 43.0 Å². The van der Waals surface area contributed by atoms with Crippen LogP contribution in [-0.2, 0) is 4.74 Å². The highest BCUT2D eigenvalue weighted by Crippen LogP contribution is 2.36. The Kier molecular flexibility index (Phi) is 6.40. The SMILES string of the molecule is CCN1CCC(c2nc3cc(C4=CC[C@H](C)CN4C(=O)OC(C)(C)C)ccc3s2)CC1. The van der Waals surface area contributed by atoms with E-state index in [1.54, 1.807) is 4.90 Å². The predicted octanol–water partition coefficient (Wildman–Crippen LogP) is 6.11. The number of piperidine rings is 1. The van der Waals surface area contributed by atoms with E-state index in [4.69, 9.17) is 9.72 Å². The summed E-state index contributed by atoms with van der Waals surface area (Å²) in [5.41, 5.74) is 2.52. The van der Waals surface area contributed by atoms with E-state index >= 15 is 0 Å². The highest BCUT2D eigenvalue weighted by atomic mass is 32.1. The Hall–Kier alpha value is -1.92. The number of benzene rings is 1. The molecule has 1 saturated heterocycles. The minimum absolute atomic E-state index is 0.271. The Balaban J connectivity index is 1.58. The van der Waals surface area contributed by atoms with Crippen LogP contribution in [-0.4, -0.2) is 52.7 Å². The van der Waals surface area contributed by atoms with Gasteiger partial charge < -0.3 is 9.64 Å². The number of amides is 1. The molecule has 0 radical (unpaired) electrons. The number of likely N-dealkylation sites (tertiary alicyclic amines) is 1. The number of hydrogen-bond donors (Lipinski definition) is 0. The number of thiazole rings is 1. The first kappa shape index (κ1) is 22.3. The average Bonchev–Trinajstić information content (AvgIpc) is 3.16. The molecule has 1 atom stereocenters. The number of carbonyl (C=O) groups is 1. The van der Waals surface area contributed by atoms with Gasteiger partial charge in [-0.05, 0) is 77.7 Å². The molecule has 0 unspecified atom stereocenters. The molecule has 2 aromatic rings. The third-order valence-corrected chi connectivity index (χ3v) is 7.40. The van der Waals surface area contributed by atoms with Gasteiger partial charge in [-0.1, -0.05) is 26.0 Å². The second-order valence-electron chi connectivity index (χ2n) is 9.96. The smallest absolute Gasteiger partial charge is 0.414 e. The number of nitrogens with zero attached hydrogens (tertiary/aromatic N) is 3. The fourth-order valence-corrected chi connectivity index (χ4v) is 5.56. The van der Waals surface area contributed by atoms with E-state index in [1.165, 1.54) is 22.5 Å². The number of fused-ring (bicyclic) bond motifs is 1. The Morgan fingerprint density at radius 3 is 2.68 bits per heavy atom. The number of hydrogen-bond acceptors (Lipinski definition) is 5. The van der Waals surface area contributed by atoms with Gasteiger partial charge in [-0.25, -0.2) is 9.78 Å². The summed E-state index contributed by atoms with van der Waals surface area (Å²) in [5, 5.41) is 1.26. The molecule has 0 aliphatic carbocycles. The van der Waals surface area contributed by atoms with Crippen LogP contribution in [0.1, 0.15) is 70.4 Å². The van der Waals surface area contributed by atoms with Gasteiger partial charge in [-0.15, -0.1) is 11.3 Å². The van der Waals surface area contributed by atoms with Crippen molar-refractivity contribution in [2.45, 2.75) is 65.4 Å². The Bertz CT molecular complexity index is 967. The maximum atomic E-state index is 12.9. The topological polar surface area (TPSA) is 45.7 Å². The van der Waals surface area contributed by atoms with Gasteiger partial charge in [0, 0.05) is 18.0 Å². The van der Waals surface area contributed by atoms with Crippen LogP contribution in [0.25, 0.3) is 15.9 Å². The lowest BCUT2D eigenvalue weighted by molar-refractivity contribution is 0.0327. The molecule has 3 heterocycles. The van der Waals surface area contributed by atoms with Crippen molar-refractivity contribution < 1.29 is 9.53 Å². The van der Waals surface area contributed by atoms with Gasteiger partial charge in [0.15, 0.2) is 0 Å². The molecule has 5 nitrogen and oxygen atoms in total. The lowest BCUT2D eigenvalue weighted by atomic mass is 9.97. The molecule has 0 N–H and O–H groups in total. The van der Waals surface area contributed by atoms with Gasteiger partial charge in [0.1, 0.15) is 5.60 Å². The van der Waals surface area contributed by atoms with Crippen molar-refractivity contribution in [2.75, 3.05) is 26.2 Å². The summed E-state index contributed by atoms with van der Waals surface area (Å²) in [7, 11) is 0. The van der Waals surface area contributed by atoms with Crippen molar-refractivity contribution in [2.24, 2.45) is 5.92 Å². The fourth-order valence-electron chi connectivity index (χ4n) is 4.45. The summed E-state index contributed by atoms with van der Waals surface area (Å²) in [5.74, 6) is 0.983. The largest absolute Gasteiger partial charge is 0.443 e. The van der Waals surface area contributed by atoms with Gasteiger partial charge in [0.05, 0.1) is 20.9 Å². The average molecular weight is 442 g/mol. The maximum Gasteiger partial charge on any atom is 0.414 e. The van der Waals surface area contributed by atoms with E-state index in [9.17, 15) is 4.79 Å².